The van der Waals surface area contributed by atoms with Crippen molar-refractivity contribution in [3.63, 3.8) is 0 Å². The van der Waals surface area contributed by atoms with Gasteiger partial charge in [0.25, 0.3) is 5.91 Å². The topological polar surface area (TPSA) is 116 Å². The van der Waals surface area contributed by atoms with Gasteiger partial charge in [-0.25, -0.2) is 9.78 Å². The van der Waals surface area contributed by atoms with E-state index >= 15 is 0 Å². The second-order valence-corrected chi connectivity index (χ2v) is 9.18. The number of aromatic amines is 1. The third-order valence-electron chi connectivity index (χ3n) is 4.80. The van der Waals surface area contributed by atoms with Crippen LogP contribution in [0.2, 0.25) is 0 Å². The van der Waals surface area contributed by atoms with E-state index in [1.165, 1.54) is 11.3 Å². The van der Waals surface area contributed by atoms with Gasteiger partial charge < -0.3 is 19.9 Å². The second kappa shape index (κ2) is 8.95. The Labute approximate surface area is 189 Å². The van der Waals surface area contributed by atoms with Gasteiger partial charge in [-0.05, 0) is 26.8 Å². The Kier molecular flexibility index (Phi) is 6.08. The van der Waals surface area contributed by atoms with Gasteiger partial charge in [0.05, 0.1) is 23.8 Å². The number of aromatic nitrogens is 4. The molecule has 4 heterocycles. The molecule has 0 aliphatic carbocycles. The molecule has 1 aliphatic heterocycles. The molecule has 2 N–H and O–H groups in total. The highest BCUT2D eigenvalue weighted by atomic mass is 32.1. The number of pyridine rings is 1. The highest BCUT2D eigenvalue weighted by Crippen LogP contribution is 2.28. The summed E-state index contributed by atoms with van der Waals surface area (Å²) < 4.78 is 5.46. The van der Waals surface area contributed by atoms with Gasteiger partial charge in [-0.1, -0.05) is 0 Å². The van der Waals surface area contributed by atoms with Crippen molar-refractivity contribution in [2.24, 2.45) is 0 Å². The largest absolute Gasteiger partial charge is 0.444 e. The summed E-state index contributed by atoms with van der Waals surface area (Å²) in [5.74, 6) is -0.308. The highest BCUT2D eigenvalue weighted by Gasteiger charge is 2.27. The summed E-state index contributed by atoms with van der Waals surface area (Å²) in [5, 5.41) is 12.0. The molecule has 1 saturated heterocycles. The monoisotopic (exact) mass is 455 g/mol. The number of carbonyl (C=O) groups excluding carboxylic acids is 2. The van der Waals surface area contributed by atoms with E-state index < -0.39 is 5.60 Å². The van der Waals surface area contributed by atoms with Crippen molar-refractivity contribution in [3.8, 4) is 10.6 Å². The number of nitrogens with zero attached hydrogens (tertiary/aromatic N) is 5. The number of hydrogen-bond donors (Lipinski definition) is 2. The number of rotatable bonds is 4. The molecule has 0 spiro atoms. The number of H-pyrrole nitrogens is 1. The lowest BCUT2D eigenvalue weighted by atomic mass is 10.2. The van der Waals surface area contributed by atoms with E-state index in [-0.39, 0.29) is 12.0 Å². The van der Waals surface area contributed by atoms with Crippen molar-refractivity contribution < 1.29 is 14.3 Å². The minimum absolute atomic E-state index is 0.308. The van der Waals surface area contributed by atoms with Crippen LogP contribution in [0.4, 0.5) is 16.2 Å². The van der Waals surface area contributed by atoms with Crippen LogP contribution in [0.25, 0.3) is 10.6 Å². The van der Waals surface area contributed by atoms with Crippen LogP contribution in [0.3, 0.4) is 0 Å². The molecule has 3 aromatic heterocycles. The van der Waals surface area contributed by atoms with E-state index in [1.807, 2.05) is 26.8 Å². The van der Waals surface area contributed by atoms with Gasteiger partial charge in [0.1, 0.15) is 16.3 Å². The predicted octanol–water partition coefficient (Wildman–Crippen LogP) is 3.24. The number of anilines is 2. The first-order valence-electron chi connectivity index (χ1n) is 10.2. The molecule has 0 radical (unpaired) electrons. The van der Waals surface area contributed by atoms with Crippen molar-refractivity contribution in [3.05, 3.63) is 41.9 Å². The van der Waals surface area contributed by atoms with Crippen LogP contribution in [0, 0.1) is 0 Å². The average Bonchev–Trinajstić information content (AvgIpc) is 3.45. The molecule has 10 nitrogen and oxygen atoms in total. The summed E-state index contributed by atoms with van der Waals surface area (Å²) in [7, 11) is 0. The standard InChI is InChI=1S/C21H25N7O3S/c1-21(2,3)31-20(30)28-8-6-27(7-9-28)17-4-5-22-12-15(17)25-18(29)16-13-32-19(26-16)14-10-23-24-11-14/h4-5,10-13H,6-9H2,1-3H3,(H,23,24)(H,25,29). The van der Waals surface area contributed by atoms with Crippen molar-refractivity contribution >= 4 is 34.7 Å². The molecule has 1 fully saturated rings. The Morgan fingerprint density at radius 2 is 1.97 bits per heavy atom. The molecule has 32 heavy (non-hydrogen) atoms. The van der Waals surface area contributed by atoms with Gasteiger partial charge in [0.15, 0.2) is 0 Å². The number of ether oxygens (including phenoxy) is 1. The first kappa shape index (κ1) is 21.8. The van der Waals surface area contributed by atoms with Crippen LogP contribution in [-0.2, 0) is 4.74 Å². The van der Waals surface area contributed by atoms with Crippen molar-refractivity contribution in [1.29, 1.82) is 0 Å². The maximum absolute atomic E-state index is 12.8. The number of nitrogens with one attached hydrogen (secondary N) is 2. The molecule has 1 aliphatic rings. The molecule has 3 aromatic rings. The molecular weight excluding hydrogens is 430 g/mol. The fraction of sp³-hybridized carbons (Fsp3) is 0.381. The Morgan fingerprint density at radius 1 is 1.19 bits per heavy atom. The molecule has 2 amide bonds. The smallest absolute Gasteiger partial charge is 0.410 e. The molecule has 0 unspecified atom stereocenters. The predicted molar refractivity (Wildman–Crippen MR) is 122 cm³/mol. The number of amides is 2. The van der Waals surface area contributed by atoms with Crippen molar-refractivity contribution in [1.82, 2.24) is 25.1 Å². The lowest BCUT2D eigenvalue weighted by Crippen LogP contribution is -2.50. The van der Waals surface area contributed by atoms with E-state index in [2.05, 4.69) is 30.4 Å². The van der Waals surface area contributed by atoms with Gasteiger partial charge in [-0.15, -0.1) is 11.3 Å². The summed E-state index contributed by atoms with van der Waals surface area (Å²) in [6.07, 6.45) is 6.40. The lowest BCUT2D eigenvalue weighted by Gasteiger charge is -2.37. The zero-order valence-corrected chi connectivity index (χ0v) is 19.0. The average molecular weight is 456 g/mol. The number of hydrogen-bond acceptors (Lipinski definition) is 8. The zero-order valence-electron chi connectivity index (χ0n) is 18.2. The van der Waals surface area contributed by atoms with E-state index in [0.29, 0.717) is 42.6 Å². The fourth-order valence-corrected chi connectivity index (χ4v) is 4.06. The summed E-state index contributed by atoms with van der Waals surface area (Å²) in [6.45, 7) is 7.87. The molecule has 0 saturated carbocycles. The molecule has 0 aromatic carbocycles. The maximum atomic E-state index is 12.8. The zero-order chi connectivity index (χ0) is 22.7. The highest BCUT2D eigenvalue weighted by molar-refractivity contribution is 7.13. The van der Waals surface area contributed by atoms with E-state index in [4.69, 9.17) is 4.74 Å². The molecule has 168 valence electrons. The third-order valence-corrected chi connectivity index (χ3v) is 5.69. The number of carbonyl (C=O) groups is 2. The number of piperazine rings is 1. The summed E-state index contributed by atoms with van der Waals surface area (Å²) in [5.41, 5.74) is 2.09. The van der Waals surface area contributed by atoms with Gasteiger partial charge in [0, 0.05) is 49.5 Å². The minimum atomic E-state index is -0.524. The van der Waals surface area contributed by atoms with Crippen molar-refractivity contribution in [2.45, 2.75) is 26.4 Å². The normalized spacial score (nSPS) is 14.3. The van der Waals surface area contributed by atoms with Crippen LogP contribution in [-0.4, -0.2) is 68.8 Å². The Bertz CT molecular complexity index is 1080. The summed E-state index contributed by atoms with van der Waals surface area (Å²) >= 11 is 1.38. The van der Waals surface area contributed by atoms with E-state index in [9.17, 15) is 9.59 Å². The van der Waals surface area contributed by atoms with E-state index in [0.717, 1.165) is 11.3 Å². The Morgan fingerprint density at radius 3 is 2.66 bits per heavy atom. The van der Waals surface area contributed by atoms with Crippen LogP contribution < -0.4 is 10.2 Å². The second-order valence-electron chi connectivity index (χ2n) is 8.33. The first-order chi connectivity index (χ1) is 15.3. The van der Waals surface area contributed by atoms with Crippen LogP contribution >= 0.6 is 11.3 Å². The van der Waals surface area contributed by atoms with E-state index in [1.54, 1.807) is 35.1 Å². The first-order valence-corrected chi connectivity index (χ1v) is 11.1. The third kappa shape index (κ3) is 5.05. The quantitative estimate of drug-likeness (QED) is 0.620. The van der Waals surface area contributed by atoms with Gasteiger partial charge in [-0.2, -0.15) is 5.10 Å². The number of thiazole rings is 1. The van der Waals surface area contributed by atoms with Crippen molar-refractivity contribution in [2.75, 3.05) is 36.4 Å². The molecule has 11 heteroatoms. The Balaban J connectivity index is 1.41. The maximum Gasteiger partial charge on any atom is 0.410 e. The lowest BCUT2D eigenvalue weighted by molar-refractivity contribution is 0.0240. The van der Waals surface area contributed by atoms with Crippen LogP contribution in [0.5, 0.6) is 0 Å². The SMILES string of the molecule is CC(C)(C)OC(=O)N1CCN(c2ccncc2NC(=O)c2csc(-c3cn[nH]c3)n2)CC1. The molecule has 0 atom stereocenters. The van der Waals surface area contributed by atoms with Gasteiger partial charge in [0.2, 0.25) is 0 Å². The van der Waals surface area contributed by atoms with Gasteiger partial charge >= 0.3 is 6.09 Å². The molecule has 4 rings (SSSR count). The molecular formula is C21H25N7O3S. The van der Waals surface area contributed by atoms with Crippen LogP contribution in [0.1, 0.15) is 31.3 Å². The summed E-state index contributed by atoms with van der Waals surface area (Å²) in [4.78, 5) is 37.5. The molecule has 0 bridgehead atoms. The fourth-order valence-electron chi connectivity index (χ4n) is 3.28. The Hall–Kier alpha value is -3.47. The van der Waals surface area contributed by atoms with Crippen LogP contribution in [0.15, 0.2) is 36.2 Å². The van der Waals surface area contributed by atoms with Gasteiger partial charge in [-0.3, -0.25) is 14.9 Å². The summed E-state index contributed by atoms with van der Waals surface area (Å²) in [6, 6.07) is 1.86. The minimum Gasteiger partial charge on any atom is -0.444 e.